The molecule has 10 heavy (non-hydrogen) atoms. The third-order valence-electron chi connectivity index (χ3n) is 2.22. The van der Waals surface area contributed by atoms with Gasteiger partial charge in [0.05, 0.1) is 0 Å². The van der Waals surface area contributed by atoms with E-state index in [2.05, 4.69) is 29.5 Å². The fraction of sp³-hybridized carbons (Fsp3) is 1.00. The minimum absolute atomic E-state index is 0.855. The Hall–Kier alpha value is 0.270. The molecule has 0 bridgehead atoms. The summed E-state index contributed by atoms with van der Waals surface area (Å²) in [6.45, 7) is 3.57. The van der Waals surface area contributed by atoms with Gasteiger partial charge in [0.2, 0.25) is 0 Å². The van der Waals surface area contributed by atoms with Crippen LogP contribution in [0.15, 0.2) is 0 Å². The van der Waals surface area contributed by atoms with Crippen molar-refractivity contribution >= 4 is 12.8 Å². The van der Waals surface area contributed by atoms with Crippen LogP contribution in [-0.2, 0) is 0 Å². The van der Waals surface area contributed by atoms with Crippen LogP contribution in [0.25, 0.3) is 0 Å². The van der Waals surface area contributed by atoms with Crippen LogP contribution in [0.1, 0.15) is 12.8 Å². The monoisotopic (exact) mass is 160 g/mol. The summed E-state index contributed by atoms with van der Waals surface area (Å²) in [6, 6.07) is 0. The molecule has 2 nitrogen and oxygen atoms in total. The third kappa shape index (κ3) is 2.48. The summed E-state index contributed by atoms with van der Waals surface area (Å²) >= 11 is 3.99. The molecule has 0 aromatic carbocycles. The zero-order valence-electron chi connectivity index (χ0n) is 6.51. The Morgan fingerprint density at radius 1 is 1.50 bits per heavy atom. The highest BCUT2D eigenvalue weighted by molar-refractivity contribution is 7.78. The van der Waals surface area contributed by atoms with Crippen molar-refractivity contribution in [1.82, 2.24) is 9.62 Å². The zero-order chi connectivity index (χ0) is 7.40. The molecule has 0 unspecified atom stereocenters. The molecule has 3 heteroatoms. The van der Waals surface area contributed by atoms with Crippen molar-refractivity contribution in [3.05, 3.63) is 0 Å². The van der Waals surface area contributed by atoms with Gasteiger partial charge in [-0.2, -0.15) is 0 Å². The number of likely N-dealkylation sites (tertiary alicyclic amines) is 1. The first kappa shape index (κ1) is 8.37. The molecule has 0 aromatic rings. The quantitative estimate of drug-likeness (QED) is 0.580. The molecular weight excluding hydrogens is 144 g/mol. The first-order chi connectivity index (χ1) is 4.83. The van der Waals surface area contributed by atoms with Crippen molar-refractivity contribution in [3.8, 4) is 0 Å². The summed E-state index contributed by atoms with van der Waals surface area (Å²) in [6.07, 6.45) is 2.65. The van der Waals surface area contributed by atoms with Crippen LogP contribution in [0.4, 0.5) is 0 Å². The molecular formula is C7H16N2S. The maximum absolute atomic E-state index is 3.99. The van der Waals surface area contributed by atoms with Crippen LogP contribution in [0.3, 0.4) is 0 Å². The standard InChI is InChI=1S/C7H16N2S/c1-9-4-2-7(3-5-9)6-8-10/h7-8,10H,2-6H2,1H3. The summed E-state index contributed by atoms with van der Waals surface area (Å²) in [7, 11) is 2.18. The van der Waals surface area contributed by atoms with Crippen LogP contribution in [0, 0.1) is 5.92 Å². The molecule has 60 valence electrons. The number of nitrogens with one attached hydrogen (secondary N) is 1. The average molecular weight is 160 g/mol. The topological polar surface area (TPSA) is 15.3 Å². The molecule has 1 rings (SSSR count). The van der Waals surface area contributed by atoms with E-state index in [0.29, 0.717) is 0 Å². The van der Waals surface area contributed by atoms with E-state index in [-0.39, 0.29) is 0 Å². The molecule has 0 atom stereocenters. The lowest BCUT2D eigenvalue weighted by atomic mass is 9.98. The molecule has 0 amide bonds. The van der Waals surface area contributed by atoms with Crippen molar-refractivity contribution in [2.24, 2.45) is 5.92 Å². The SMILES string of the molecule is CN1CCC(CNS)CC1. The van der Waals surface area contributed by atoms with Gasteiger partial charge in [-0.3, -0.25) is 4.72 Å². The highest BCUT2D eigenvalue weighted by Crippen LogP contribution is 2.14. The van der Waals surface area contributed by atoms with Gasteiger partial charge in [0.25, 0.3) is 0 Å². The summed E-state index contributed by atoms with van der Waals surface area (Å²) in [5.41, 5.74) is 0. The molecule has 0 saturated carbocycles. The molecule has 0 aromatic heterocycles. The van der Waals surface area contributed by atoms with Gasteiger partial charge in [0, 0.05) is 6.54 Å². The van der Waals surface area contributed by atoms with Gasteiger partial charge in [-0.15, -0.1) is 0 Å². The van der Waals surface area contributed by atoms with Crippen molar-refractivity contribution < 1.29 is 0 Å². The molecule has 1 heterocycles. The normalized spacial score (nSPS) is 23.4. The van der Waals surface area contributed by atoms with E-state index in [1.54, 1.807) is 0 Å². The number of thiol groups is 1. The van der Waals surface area contributed by atoms with Gasteiger partial charge in [0.1, 0.15) is 0 Å². The van der Waals surface area contributed by atoms with Gasteiger partial charge in [0.15, 0.2) is 0 Å². The second-order valence-electron chi connectivity index (χ2n) is 3.11. The van der Waals surface area contributed by atoms with Crippen molar-refractivity contribution in [2.45, 2.75) is 12.8 Å². The molecule has 1 aliphatic rings. The predicted octanol–water partition coefficient (Wildman–Crippen LogP) is 0.763. The highest BCUT2D eigenvalue weighted by atomic mass is 32.1. The number of rotatable bonds is 2. The van der Waals surface area contributed by atoms with Crippen molar-refractivity contribution in [1.29, 1.82) is 0 Å². The Labute approximate surface area is 68.5 Å². The van der Waals surface area contributed by atoms with Gasteiger partial charge in [-0.1, -0.05) is 12.8 Å². The smallest absolute Gasteiger partial charge is 0.00854 e. The Balaban J connectivity index is 2.13. The van der Waals surface area contributed by atoms with Crippen LogP contribution in [-0.4, -0.2) is 31.6 Å². The minimum atomic E-state index is 0.855. The Morgan fingerprint density at radius 3 is 2.60 bits per heavy atom. The lowest BCUT2D eigenvalue weighted by molar-refractivity contribution is 0.221. The summed E-state index contributed by atoms with van der Waals surface area (Å²) in [5.74, 6) is 0.855. The van der Waals surface area contributed by atoms with Crippen LogP contribution in [0.5, 0.6) is 0 Å². The third-order valence-corrected chi connectivity index (χ3v) is 2.40. The van der Waals surface area contributed by atoms with E-state index in [1.165, 1.54) is 25.9 Å². The Bertz CT molecular complexity index is 89.6. The van der Waals surface area contributed by atoms with E-state index < -0.39 is 0 Å². The highest BCUT2D eigenvalue weighted by Gasteiger charge is 2.14. The van der Waals surface area contributed by atoms with Gasteiger partial charge in [-0.25, -0.2) is 0 Å². The molecule has 0 aliphatic carbocycles. The first-order valence-electron chi connectivity index (χ1n) is 3.88. The van der Waals surface area contributed by atoms with E-state index in [0.717, 1.165) is 12.5 Å². The fourth-order valence-electron chi connectivity index (χ4n) is 1.40. The van der Waals surface area contributed by atoms with Gasteiger partial charge >= 0.3 is 0 Å². The minimum Gasteiger partial charge on any atom is -0.306 e. The molecule has 1 N–H and O–H groups in total. The Kier molecular flexibility index (Phi) is 3.52. The fourth-order valence-corrected chi connectivity index (χ4v) is 1.65. The lowest BCUT2D eigenvalue weighted by Crippen LogP contribution is -2.33. The van der Waals surface area contributed by atoms with Crippen LogP contribution in [0.2, 0.25) is 0 Å². The maximum atomic E-state index is 3.99. The lowest BCUT2D eigenvalue weighted by Gasteiger charge is -2.28. The molecule has 1 fully saturated rings. The van der Waals surface area contributed by atoms with E-state index >= 15 is 0 Å². The van der Waals surface area contributed by atoms with Crippen molar-refractivity contribution in [3.63, 3.8) is 0 Å². The van der Waals surface area contributed by atoms with Gasteiger partial charge in [-0.05, 0) is 38.9 Å². The summed E-state index contributed by atoms with van der Waals surface area (Å²) in [5, 5.41) is 0. The number of piperidine rings is 1. The first-order valence-corrected chi connectivity index (χ1v) is 4.33. The largest absolute Gasteiger partial charge is 0.306 e. The van der Waals surface area contributed by atoms with Crippen molar-refractivity contribution in [2.75, 3.05) is 26.7 Å². The molecule has 1 saturated heterocycles. The number of nitrogens with zero attached hydrogens (tertiary/aromatic N) is 1. The van der Waals surface area contributed by atoms with E-state index in [1.807, 2.05) is 0 Å². The van der Waals surface area contributed by atoms with Crippen LogP contribution >= 0.6 is 12.8 Å². The number of hydrogen-bond donors (Lipinski definition) is 2. The molecule has 0 spiro atoms. The van der Waals surface area contributed by atoms with Crippen LogP contribution < -0.4 is 4.72 Å². The van der Waals surface area contributed by atoms with E-state index in [9.17, 15) is 0 Å². The summed E-state index contributed by atoms with van der Waals surface area (Å²) < 4.78 is 2.93. The second-order valence-corrected chi connectivity index (χ2v) is 3.43. The molecule has 1 aliphatic heterocycles. The number of hydrogen-bond acceptors (Lipinski definition) is 3. The average Bonchev–Trinajstić information content (AvgIpc) is 1.95. The van der Waals surface area contributed by atoms with E-state index in [4.69, 9.17) is 0 Å². The Morgan fingerprint density at radius 2 is 2.10 bits per heavy atom. The van der Waals surface area contributed by atoms with Gasteiger partial charge < -0.3 is 4.90 Å². The zero-order valence-corrected chi connectivity index (χ0v) is 7.40. The second kappa shape index (κ2) is 4.21. The predicted molar refractivity (Wildman–Crippen MR) is 47.2 cm³/mol. The summed E-state index contributed by atoms with van der Waals surface area (Å²) in [4.78, 5) is 2.38. The molecule has 0 radical (unpaired) electrons. The maximum Gasteiger partial charge on any atom is 0.00854 e.